The third-order valence-electron chi connectivity index (χ3n) is 8.52. The number of hydrogen-bond donors (Lipinski definition) is 5. The van der Waals surface area contributed by atoms with Crippen molar-refractivity contribution in [2.75, 3.05) is 65.9 Å². The van der Waals surface area contributed by atoms with Crippen molar-refractivity contribution >= 4 is 35.4 Å². The molecule has 0 aliphatic carbocycles. The lowest BCUT2D eigenvalue weighted by Gasteiger charge is -2.16. The lowest BCUT2D eigenvalue weighted by Crippen LogP contribution is -2.41. The summed E-state index contributed by atoms with van der Waals surface area (Å²) >= 11 is 0. The number of ether oxygens (including phenoxy) is 4. The molecule has 0 aliphatic heterocycles. The van der Waals surface area contributed by atoms with Gasteiger partial charge in [0, 0.05) is 37.8 Å². The van der Waals surface area contributed by atoms with Gasteiger partial charge in [-0.2, -0.15) is 0 Å². The molecule has 0 aromatic heterocycles. The first-order valence-corrected chi connectivity index (χ1v) is 19.9. The van der Waals surface area contributed by atoms with Gasteiger partial charge in [-0.15, -0.1) is 0 Å². The second-order valence-electron chi connectivity index (χ2n) is 14.5. The molecular formula is C39H71N3O12. The van der Waals surface area contributed by atoms with Crippen molar-refractivity contribution in [1.82, 2.24) is 16.0 Å². The summed E-state index contributed by atoms with van der Waals surface area (Å²) < 4.78 is 21.3. The molecule has 314 valence electrons. The molecule has 0 unspecified atom stereocenters. The normalized spacial score (nSPS) is 11.9. The van der Waals surface area contributed by atoms with Crippen molar-refractivity contribution in [3.05, 3.63) is 0 Å². The lowest BCUT2D eigenvalue weighted by molar-refractivity contribution is -0.142. The van der Waals surface area contributed by atoms with Crippen LogP contribution in [0.5, 0.6) is 0 Å². The molecule has 15 nitrogen and oxygen atoms in total. The Morgan fingerprint density at radius 2 is 0.926 bits per heavy atom. The Hall–Kier alpha value is -3.14. The fraction of sp³-hybridized carbons (Fsp3) is 0.846. The standard InChI is InChI=1S/C39H71N3O12/c1-39(2,3)33(43)30-53-28-26-52-25-23-41-36(46)31-54-29-27-51-24-22-40-34(44)21-20-32(38(49)50)42-35(45)18-16-14-12-10-8-6-4-5-7-9-11-13-15-17-19-37(47)48/h32H,4-31H2,1-3H3,(H,40,44)(H,41,46)(H,42,45)(H,47,48)(H,49,50)/t32-/m1/s1. The molecule has 54 heavy (non-hydrogen) atoms. The van der Waals surface area contributed by atoms with E-state index in [0.29, 0.717) is 32.8 Å². The fourth-order valence-corrected chi connectivity index (χ4v) is 5.13. The van der Waals surface area contributed by atoms with Crippen LogP contribution >= 0.6 is 0 Å². The Balaban J connectivity index is 3.67. The first kappa shape index (κ1) is 50.9. The molecule has 0 rings (SSSR count). The Kier molecular flexibility index (Phi) is 32.4. The molecule has 1 atom stereocenters. The zero-order valence-corrected chi connectivity index (χ0v) is 33.4. The van der Waals surface area contributed by atoms with Crippen molar-refractivity contribution in [2.45, 2.75) is 142 Å². The Bertz CT molecular complexity index is 1030. The quantitative estimate of drug-likeness (QED) is 0.0546. The van der Waals surface area contributed by atoms with Crippen LogP contribution in [0.3, 0.4) is 0 Å². The number of hydrogen-bond acceptors (Lipinski definition) is 10. The first-order valence-electron chi connectivity index (χ1n) is 19.9. The summed E-state index contributed by atoms with van der Waals surface area (Å²) in [5.41, 5.74) is -0.435. The summed E-state index contributed by atoms with van der Waals surface area (Å²) in [5.74, 6) is -2.83. The number of nitrogens with one attached hydrogen (secondary N) is 3. The lowest BCUT2D eigenvalue weighted by atomic mass is 9.91. The largest absolute Gasteiger partial charge is 0.481 e. The summed E-state index contributed by atoms with van der Waals surface area (Å²) in [5, 5.41) is 26.0. The summed E-state index contributed by atoms with van der Waals surface area (Å²) in [6.45, 7) is 7.48. The molecule has 0 spiro atoms. The number of carbonyl (C=O) groups excluding carboxylic acids is 4. The maximum atomic E-state index is 12.3. The number of carboxylic acids is 2. The van der Waals surface area contributed by atoms with Gasteiger partial charge in [-0.1, -0.05) is 97.8 Å². The summed E-state index contributed by atoms with van der Waals surface area (Å²) in [6, 6.07) is -1.13. The van der Waals surface area contributed by atoms with Gasteiger partial charge >= 0.3 is 11.9 Å². The number of rotatable bonds is 38. The molecule has 0 bridgehead atoms. The van der Waals surface area contributed by atoms with Gasteiger partial charge in [0.1, 0.15) is 19.3 Å². The minimum atomic E-state index is -1.18. The molecular weight excluding hydrogens is 702 g/mol. The molecule has 0 heterocycles. The summed E-state index contributed by atoms with van der Waals surface area (Å²) in [4.78, 5) is 70.1. The van der Waals surface area contributed by atoms with Crippen LogP contribution in [0.25, 0.3) is 0 Å². The van der Waals surface area contributed by atoms with Crippen LogP contribution in [0.4, 0.5) is 0 Å². The highest BCUT2D eigenvalue weighted by Crippen LogP contribution is 2.15. The maximum Gasteiger partial charge on any atom is 0.326 e. The van der Waals surface area contributed by atoms with Crippen molar-refractivity contribution in [3.8, 4) is 0 Å². The van der Waals surface area contributed by atoms with Crippen molar-refractivity contribution in [2.24, 2.45) is 5.41 Å². The van der Waals surface area contributed by atoms with Crippen LogP contribution in [0, 0.1) is 5.41 Å². The zero-order chi connectivity index (χ0) is 40.3. The second kappa shape index (κ2) is 34.4. The van der Waals surface area contributed by atoms with Crippen LogP contribution in [-0.2, 0) is 47.7 Å². The van der Waals surface area contributed by atoms with Crippen molar-refractivity contribution < 1.29 is 57.9 Å². The monoisotopic (exact) mass is 774 g/mol. The smallest absolute Gasteiger partial charge is 0.326 e. The number of amides is 3. The predicted octanol–water partition coefficient (Wildman–Crippen LogP) is 4.58. The van der Waals surface area contributed by atoms with Gasteiger partial charge in [0.25, 0.3) is 0 Å². The minimum absolute atomic E-state index is 0.0170. The number of aliphatic carboxylic acids is 2. The SMILES string of the molecule is CC(C)(C)C(=O)COCCOCCNC(=O)COCCOCCNC(=O)CC[C@@H](NC(=O)CCCCCCCCCCCCCCCCC(=O)O)C(=O)O. The first-order chi connectivity index (χ1) is 25.8. The number of unbranched alkanes of at least 4 members (excludes halogenated alkanes) is 13. The van der Waals surface area contributed by atoms with E-state index >= 15 is 0 Å². The summed E-state index contributed by atoms with van der Waals surface area (Å²) in [6.07, 6.45) is 15.6. The second-order valence-corrected chi connectivity index (χ2v) is 14.5. The van der Waals surface area contributed by atoms with Crippen LogP contribution < -0.4 is 16.0 Å². The Labute approximate surface area is 322 Å². The molecule has 0 aromatic rings. The van der Waals surface area contributed by atoms with E-state index in [9.17, 15) is 33.9 Å². The van der Waals surface area contributed by atoms with E-state index in [1.54, 1.807) is 0 Å². The molecule has 0 aliphatic rings. The van der Waals surface area contributed by atoms with E-state index < -0.39 is 23.4 Å². The number of carboxylic acid groups (broad SMARTS) is 2. The van der Waals surface area contributed by atoms with Gasteiger partial charge in [-0.25, -0.2) is 4.79 Å². The third kappa shape index (κ3) is 34.6. The topological polar surface area (TPSA) is 216 Å². The van der Waals surface area contributed by atoms with Gasteiger partial charge in [0.15, 0.2) is 5.78 Å². The van der Waals surface area contributed by atoms with Crippen molar-refractivity contribution in [3.63, 3.8) is 0 Å². The molecule has 0 fully saturated rings. The van der Waals surface area contributed by atoms with Gasteiger partial charge < -0.3 is 45.1 Å². The van der Waals surface area contributed by atoms with E-state index in [-0.39, 0.29) is 88.8 Å². The highest BCUT2D eigenvalue weighted by atomic mass is 16.5. The average Bonchev–Trinajstić information content (AvgIpc) is 3.11. The number of ketones is 1. The summed E-state index contributed by atoms with van der Waals surface area (Å²) in [7, 11) is 0. The Morgan fingerprint density at radius 3 is 1.39 bits per heavy atom. The molecule has 0 saturated heterocycles. The number of Topliss-reactive ketones (excluding diaryl/α,β-unsaturated/α-hetero) is 1. The van der Waals surface area contributed by atoms with E-state index in [4.69, 9.17) is 24.1 Å². The van der Waals surface area contributed by atoms with Gasteiger partial charge in [-0.05, 0) is 19.3 Å². The van der Waals surface area contributed by atoms with Crippen LogP contribution in [-0.4, -0.2) is 118 Å². The molecule has 15 heteroatoms. The molecule has 5 N–H and O–H groups in total. The van der Waals surface area contributed by atoms with Crippen LogP contribution in [0.15, 0.2) is 0 Å². The highest BCUT2D eigenvalue weighted by Gasteiger charge is 2.21. The van der Waals surface area contributed by atoms with E-state index in [1.165, 1.54) is 44.9 Å². The van der Waals surface area contributed by atoms with Crippen molar-refractivity contribution in [1.29, 1.82) is 0 Å². The van der Waals surface area contributed by atoms with E-state index in [1.807, 2.05) is 20.8 Å². The van der Waals surface area contributed by atoms with E-state index in [0.717, 1.165) is 38.5 Å². The molecule has 0 saturated carbocycles. The molecule has 3 amide bonds. The fourth-order valence-electron chi connectivity index (χ4n) is 5.13. The van der Waals surface area contributed by atoms with E-state index in [2.05, 4.69) is 16.0 Å². The van der Waals surface area contributed by atoms with Gasteiger partial charge in [0.05, 0.1) is 39.6 Å². The number of carbonyl (C=O) groups is 6. The highest BCUT2D eigenvalue weighted by molar-refractivity contribution is 5.85. The zero-order valence-electron chi connectivity index (χ0n) is 33.4. The Morgan fingerprint density at radius 1 is 0.500 bits per heavy atom. The maximum absolute atomic E-state index is 12.3. The molecule has 0 radical (unpaired) electrons. The van der Waals surface area contributed by atoms with Gasteiger partial charge in [-0.3, -0.25) is 24.0 Å². The average molecular weight is 774 g/mol. The third-order valence-corrected chi connectivity index (χ3v) is 8.52. The minimum Gasteiger partial charge on any atom is -0.481 e. The van der Waals surface area contributed by atoms with Gasteiger partial charge in [0.2, 0.25) is 17.7 Å². The predicted molar refractivity (Wildman–Crippen MR) is 204 cm³/mol. The van der Waals surface area contributed by atoms with Crippen LogP contribution in [0.2, 0.25) is 0 Å². The molecule has 0 aromatic carbocycles. The van der Waals surface area contributed by atoms with Crippen LogP contribution in [0.1, 0.15) is 136 Å².